The predicted octanol–water partition coefficient (Wildman–Crippen LogP) is 4.47. The molecule has 1 fully saturated rings. The van der Waals surface area contributed by atoms with Crippen molar-refractivity contribution in [2.45, 2.75) is 65.0 Å². The highest BCUT2D eigenvalue weighted by molar-refractivity contribution is 6.30. The number of ether oxygens (including phenoxy) is 3. The number of aromatic nitrogens is 2. The minimum atomic E-state index is -0.562. The maximum Gasteiger partial charge on any atom is 0.410 e. The van der Waals surface area contributed by atoms with E-state index in [4.69, 9.17) is 25.8 Å². The van der Waals surface area contributed by atoms with Gasteiger partial charge in [0, 0.05) is 12.3 Å². The molecule has 0 aromatic carbocycles. The lowest BCUT2D eigenvalue weighted by atomic mass is 10.0. The van der Waals surface area contributed by atoms with Crippen molar-refractivity contribution >= 4 is 28.6 Å². The Balaban J connectivity index is 1.79. The van der Waals surface area contributed by atoms with Gasteiger partial charge in [-0.25, -0.2) is 9.78 Å². The number of carbonyl (C=O) groups excluding carboxylic acids is 1. The highest BCUT2D eigenvalue weighted by Gasteiger charge is 2.40. The van der Waals surface area contributed by atoms with Gasteiger partial charge in [0.2, 0.25) is 5.88 Å². The summed E-state index contributed by atoms with van der Waals surface area (Å²) in [7, 11) is 0. The first kappa shape index (κ1) is 21.6. The summed E-state index contributed by atoms with van der Waals surface area (Å²) in [4.78, 5) is 22.9. The molecular formula is C21H28ClN3O4. The van der Waals surface area contributed by atoms with Gasteiger partial charge in [-0.15, -0.1) is 0 Å². The molecule has 1 amide bonds. The lowest BCUT2D eigenvalue weighted by Gasteiger charge is -2.44. The van der Waals surface area contributed by atoms with Crippen LogP contribution in [-0.4, -0.2) is 57.5 Å². The minimum Gasteiger partial charge on any atom is -0.471 e. The fourth-order valence-electron chi connectivity index (χ4n) is 3.29. The normalized spacial score (nSPS) is 20.4. The van der Waals surface area contributed by atoms with Crippen molar-refractivity contribution in [3.63, 3.8) is 0 Å². The smallest absolute Gasteiger partial charge is 0.410 e. The zero-order chi connectivity index (χ0) is 21.4. The fourth-order valence-corrected chi connectivity index (χ4v) is 3.47. The first-order chi connectivity index (χ1) is 13.4. The SMILES string of the molecule is C[C@@H](Oc1nc(Cl)cc2ncccc12)[C@@H]1CN(C(=O)OC(C)(C)C)CC(C)(C)O1. The molecule has 7 nitrogen and oxygen atoms in total. The van der Waals surface area contributed by atoms with Crippen molar-refractivity contribution < 1.29 is 19.0 Å². The first-order valence-corrected chi connectivity index (χ1v) is 10.0. The van der Waals surface area contributed by atoms with E-state index in [2.05, 4.69) is 9.97 Å². The Hall–Kier alpha value is -2.12. The second-order valence-corrected chi connectivity index (χ2v) is 9.31. The van der Waals surface area contributed by atoms with Crippen LogP contribution in [-0.2, 0) is 9.47 Å². The number of rotatable bonds is 3. The Morgan fingerprint density at radius 1 is 1.41 bits per heavy atom. The van der Waals surface area contributed by atoms with E-state index in [-0.39, 0.29) is 18.3 Å². The maximum atomic E-state index is 12.6. The van der Waals surface area contributed by atoms with E-state index >= 15 is 0 Å². The van der Waals surface area contributed by atoms with Gasteiger partial charge < -0.3 is 19.1 Å². The molecular weight excluding hydrogens is 394 g/mol. The van der Waals surface area contributed by atoms with Crippen LogP contribution in [0.2, 0.25) is 5.15 Å². The Bertz CT molecular complexity index is 897. The highest BCUT2D eigenvalue weighted by atomic mass is 35.5. The molecule has 2 aromatic rings. The summed E-state index contributed by atoms with van der Waals surface area (Å²) in [5.41, 5.74) is -0.397. The summed E-state index contributed by atoms with van der Waals surface area (Å²) < 4.78 is 17.9. The molecule has 3 heterocycles. The molecule has 0 aliphatic carbocycles. The van der Waals surface area contributed by atoms with Gasteiger partial charge in [-0.05, 0) is 53.7 Å². The first-order valence-electron chi connectivity index (χ1n) is 9.67. The van der Waals surface area contributed by atoms with Gasteiger partial charge in [0.15, 0.2) is 0 Å². The number of nitrogens with zero attached hydrogens (tertiary/aromatic N) is 3. The van der Waals surface area contributed by atoms with Crippen LogP contribution in [0.4, 0.5) is 4.79 Å². The molecule has 0 radical (unpaired) electrons. The van der Waals surface area contributed by atoms with Crippen LogP contribution in [0, 0.1) is 0 Å². The Morgan fingerprint density at radius 2 is 2.14 bits per heavy atom. The van der Waals surface area contributed by atoms with E-state index in [0.717, 1.165) is 5.39 Å². The number of hydrogen-bond donors (Lipinski definition) is 0. The minimum absolute atomic E-state index is 0.304. The van der Waals surface area contributed by atoms with E-state index in [1.165, 1.54) is 0 Å². The van der Waals surface area contributed by atoms with Crippen LogP contribution in [0.25, 0.3) is 10.9 Å². The molecule has 158 valence electrons. The molecule has 0 spiro atoms. The van der Waals surface area contributed by atoms with Gasteiger partial charge in [-0.3, -0.25) is 4.98 Å². The van der Waals surface area contributed by atoms with Crippen molar-refractivity contribution in [2.75, 3.05) is 13.1 Å². The quantitative estimate of drug-likeness (QED) is 0.681. The van der Waals surface area contributed by atoms with Gasteiger partial charge in [-0.2, -0.15) is 0 Å². The van der Waals surface area contributed by atoms with Crippen LogP contribution in [0.3, 0.4) is 0 Å². The summed E-state index contributed by atoms with van der Waals surface area (Å²) in [6.07, 6.45) is 0.589. The monoisotopic (exact) mass is 421 g/mol. The number of hydrogen-bond acceptors (Lipinski definition) is 6. The number of pyridine rings is 2. The molecule has 0 saturated carbocycles. The van der Waals surface area contributed by atoms with Gasteiger partial charge >= 0.3 is 6.09 Å². The summed E-state index contributed by atoms with van der Waals surface area (Å²) >= 11 is 6.13. The third kappa shape index (κ3) is 5.48. The fraction of sp³-hybridized carbons (Fsp3) is 0.571. The summed E-state index contributed by atoms with van der Waals surface area (Å²) in [5, 5.41) is 1.07. The Morgan fingerprint density at radius 3 is 2.83 bits per heavy atom. The van der Waals surface area contributed by atoms with Crippen molar-refractivity contribution in [2.24, 2.45) is 0 Å². The molecule has 3 rings (SSSR count). The van der Waals surface area contributed by atoms with Crippen LogP contribution in [0.15, 0.2) is 24.4 Å². The van der Waals surface area contributed by atoms with Gasteiger partial charge in [0.1, 0.15) is 23.0 Å². The Kier molecular flexibility index (Phi) is 5.92. The van der Waals surface area contributed by atoms with Crippen molar-refractivity contribution in [3.05, 3.63) is 29.5 Å². The zero-order valence-electron chi connectivity index (χ0n) is 17.7. The van der Waals surface area contributed by atoms with E-state index in [1.807, 2.05) is 53.7 Å². The number of carbonyl (C=O) groups is 1. The number of amides is 1. The van der Waals surface area contributed by atoms with E-state index < -0.39 is 11.2 Å². The lowest BCUT2D eigenvalue weighted by molar-refractivity contribution is -0.159. The molecule has 1 aliphatic heterocycles. The van der Waals surface area contributed by atoms with Crippen LogP contribution in [0.1, 0.15) is 41.5 Å². The molecule has 2 atom stereocenters. The van der Waals surface area contributed by atoms with Crippen molar-refractivity contribution in [1.29, 1.82) is 0 Å². The number of fused-ring (bicyclic) bond motifs is 1. The maximum absolute atomic E-state index is 12.6. The summed E-state index contributed by atoms with van der Waals surface area (Å²) in [5.74, 6) is 0.392. The van der Waals surface area contributed by atoms with E-state index in [1.54, 1.807) is 17.2 Å². The highest BCUT2D eigenvalue weighted by Crippen LogP contribution is 2.29. The second kappa shape index (κ2) is 7.95. The molecule has 0 bridgehead atoms. The van der Waals surface area contributed by atoms with Gasteiger partial charge in [-0.1, -0.05) is 11.6 Å². The summed E-state index contributed by atoms with van der Waals surface area (Å²) in [6.45, 7) is 12.1. The molecule has 0 unspecified atom stereocenters. The molecule has 0 N–H and O–H groups in total. The molecule has 1 saturated heterocycles. The van der Waals surface area contributed by atoms with Crippen molar-refractivity contribution in [1.82, 2.24) is 14.9 Å². The zero-order valence-corrected chi connectivity index (χ0v) is 18.5. The van der Waals surface area contributed by atoms with Gasteiger partial charge in [0.05, 0.1) is 29.6 Å². The lowest BCUT2D eigenvalue weighted by Crippen LogP contribution is -2.58. The van der Waals surface area contributed by atoms with E-state index in [0.29, 0.717) is 29.6 Å². The number of halogens is 1. The molecule has 8 heteroatoms. The second-order valence-electron chi connectivity index (χ2n) is 8.92. The molecule has 1 aliphatic rings. The van der Waals surface area contributed by atoms with Crippen LogP contribution >= 0.6 is 11.6 Å². The third-order valence-electron chi connectivity index (χ3n) is 4.45. The van der Waals surface area contributed by atoms with Crippen LogP contribution < -0.4 is 4.74 Å². The average molecular weight is 422 g/mol. The largest absolute Gasteiger partial charge is 0.471 e. The van der Waals surface area contributed by atoms with Crippen molar-refractivity contribution in [3.8, 4) is 5.88 Å². The van der Waals surface area contributed by atoms with Gasteiger partial charge in [0.25, 0.3) is 0 Å². The average Bonchev–Trinajstić information content (AvgIpc) is 2.58. The standard InChI is InChI=1S/C21H28ClN3O4/c1-13(27-18-14-8-7-9-23-15(14)10-17(22)24-18)16-11-25(12-21(5,6)28-16)19(26)29-20(2,3)4/h7-10,13,16H,11-12H2,1-6H3/t13-,16+/m1/s1. The van der Waals surface area contributed by atoms with E-state index in [9.17, 15) is 4.79 Å². The predicted molar refractivity (Wildman–Crippen MR) is 111 cm³/mol. The Labute approximate surface area is 176 Å². The topological polar surface area (TPSA) is 73.8 Å². The molecule has 29 heavy (non-hydrogen) atoms. The number of morpholine rings is 1. The van der Waals surface area contributed by atoms with Crippen LogP contribution in [0.5, 0.6) is 5.88 Å². The third-order valence-corrected chi connectivity index (χ3v) is 4.64. The summed E-state index contributed by atoms with van der Waals surface area (Å²) in [6, 6.07) is 5.39. The molecule has 2 aromatic heterocycles.